The largest absolute Gasteiger partial charge is 0.313 e. The van der Waals surface area contributed by atoms with Gasteiger partial charge in [0.15, 0.2) is 0 Å². The summed E-state index contributed by atoms with van der Waals surface area (Å²) in [6.07, 6.45) is 8.35. The molecule has 1 aliphatic carbocycles. The first-order valence-electron chi connectivity index (χ1n) is 7.14. The van der Waals surface area contributed by atoms with Crippen LogP contribution in [0.25, 0.3) is 0 Å². The van der Waals surface area contributed by atoms with E-state index in [1.54, 1.807) is 0 Å². The lowest BCUT2D eigenvalue weighted by atomic mass is 10.1. The molecule has 0 aliphatic heterocycles. The normalized spacial score (nSPS) is 18.0. The molecule has 1 aliphatic rings. The lowest BCUT2D eigenvalue weighted by molar-refractivity contribution is 0.310. The molecule has 1 N–H and O–H groups in total. The summed E-state index contributed by atoms with van der Waals surface area (Å²) in [5.41, 5.74) is 0. The van der Waals surface area contributed by atoms with Gasteiger partial charge in [-0.1, -0.05) is 26.2 Å². The molecule has 0 saturated heterocycles. The van der Waals surface area contributed by atoms with E-state index in [-0.39, 0.29) is 0 Å². The molecule has 1 atom stereocenters. The molecule has 1 rings (SSSR count). The van der Waals surface area contributed by atoms with Gasteiger partial charge >= 0.3 is 0 Å². The monoisotopic (exact) mass is 226 g/mol. The number of hydrogen-bond acceptors (Lipinski definition) is 2. The van der Waals surface area contributed by atoms with Crippen LogP contribution in [0.3, 0.4) is 0 Å². The molecule has 1 unspecified atom stereocenters. The topological polar surface area (TPSA) is 15.3 Å². The van der Waals surface area contributed by atoms with Gasteiger partial charge in [-0.25, -0.2) is 0 Å². The van der Waals surface area contributed by atoms with E-state index in [2.05, 4.69) is 31.1 Å². The van der Waals surface area contributed by atoms with Crippen LogP contribution in [0.2, 0.25) is 0 Å². The van der Waals surface area contributed by atoms with E-state index in [0.29, 0.717) is 6.04 Å². The van der Waals surface area contributed by atoms with Crippen LogP contribution >= 0.6 is 0 Å². The number of unbranched alkanes of at least 4 members (excludes halogenated alkanes) is 2. The third-order valence-electron chi connectivity index (χ3n) is 3.49. The Morgan fingerprint density at radius 3 is 2.69 bits per heavy atom. The number of hydrogen-bond donors (Lipinski definition) is 1. The molecule has 1 fully saturated rings. The summed E-state index contributed by atoms with van der Waals surface area (Å²) in [7, 11) is 2.25. The summed E-state index contributed by atoms with van der Waals surface area (Å²) in [5, 5.41) is 3.62. The van der Waals surface area contributed by atoms with Gasteiger partial charge in [0.1, 0.15) is 0 Å². The highest BCUT2D eigenvalue weighted by atomic mass is 15.1. The SMILES string of the molecule is CCCCCC(C)NCCN(C)CC1CC1. The van der Waals surface area contributed by atoms with Crippen LogP contribution in [0.15, 0.2) is 0 Å². The molecule has 0 amide bonds. The second-order valence-electron chi connectivity index (χ2n) is 5.56. The maximum atomic E-state index is 3.62. The minimum absolute atomic E-state index is 0.695. The van der Waals surface area contributed by atoms with E-state index in [0.717, 1.165) is 12.5 Å². The van der Waals surface area contributed by atoms with E-state index in [9.17, 15) is 0 Å². The third kappa shape index (κ3) is 7.24. The summed E-state index contributed by atoms with van der Waals surface area (Å²) >= 11 is 0. The van der Waals surface area contributed by atoms with Gasteiger partial charge in [-0.2, -0.15) is 0 Å². The van der Waals surface area contributed by atoms with Crippen molar-refractivity contribution >= 4 is 0 Å². The molecule has 0 bridgehead atoms. The predicted octanol–water partition coefficient (Wildman–Crippen LogP) is 2.89. The first kappa shape index (κ1) is 14.0. The molecule has 96 valence electrons. The summed E-state index contributed by atoms with van der Waals surface area (Å²) in [6.45, 7) is 8.25. The number of nitrogens with one attached hydrogen (secondary N) is 1. The van der Waals surface area contributed by atoms with Crippen LogP contribution in [-0.2, 0) is 0 Å². The van der Waals surface area contributed by atoms with Gasteiger partial charge in [-0.05, 0) is 39.2 Å². The maximum absolute atomic E-state index is 3.62. The highest BCUT2D eigenvalue weighted by Crippen LogP contribution is 2.29. The fraction of sp³-hybridized carbons (Fsp3) is 1.00. The lowest BCUT2D eigenvalue weighted by Crippen LogP contribution is -2.35. The second kappa shape index (κ2) is 8.08. The van der Waals surface area contributed by atoms with Crippen molar-refractivity contribution in [1.82, 2.24) is 10.2 Å². The van der Waals surface area contributed by atoms with E-state index >= 15 is 0 Å². The van der Waals surface area contributed by atoms with Crippen molar-refractivity contribution in [2.75, 3.05) is 26.7 Å². The minimum Gasteiger partial charge on any atom is -0.313 e. The summed E-state index contributed by atoms with van der Waals surface area (Å²) in [6, 6.07) is 0.695. The zero-order valence-electron chi connectivity index (χ0n) is 11.5. The average Bonchev–Trinajstić information content (AvgIpc) is 3.02. The molecule has 16 heavy (non-hydrogen) atoms. The van der Waals surface area contributed by atoms with Crippen molar-refractivity contribution in [3.05, 3.63) is 0 Å². The standard InChI is InChI=1S/C14H30N2/c1-4-5-6-7-13(2)15-10-11-16(3)12-14-8-9-14/h13-15H,4-12H2,1-3H3. The molecule has 0 aromatic rings. The van der Waals surface area contributed by atoms with Crippen molar-refractivity contribution in [1.29, 1.82) is 0 Å². The molecule has 0 aromatic heterocycles. The maximum Gasteiger partial charge on any atom is 0.0104 e. The van der Waals surface area contributed by atoms with Crippen molar-refractivity contribution in [2.24, 2.45) is 5.92 Å². The smallest absolute Gasteiger partial charge is 0.0104 e. The number of rotatable bonds is 10. The quantitative estimate of drug-likeness (QED) is 0.576. The van der Waals surface area contributed by atoms with Crippen molar-refractivity contribution < 1.29 is 0 Å². The van der Waals surface area contributed by atoms with Crippen LogP contribution in [0.5, 0.6) is 0 Å². The zero-order valence-corrected chi connectivity index (χ0v) is 11.5. The van der Waals surface area contributed by atoms with Gasteiger partial charge in [0, 0.05) is 25.7 Å². The van der Waals surface area contributed by atoms with Gasteiger partial charge in [0.2, 0.25) is 0 Å². The van der Waals surface area contributed by atoms with Crippen LogP contribution in [0.4, 0.5) is 0 Å². The van der Waals surface area contributed by atoms with Crippen molar-refractivity contribution in [3.63, 3.8) is 0 Å². The Morgan fingerprint density at radius 1 is 1.31 bits per heavy atom. The Balaban J connectivity index is 1.88. The fourth-order valence-corrected chi connectivity index (χ4v) is 2.14. The zero-order chi connectivity index (χ0) is 11.8. The van der Waals surface area contributed by atoms with E-state index in [1.165, 1.54) is 51.6 Å². The molecule has 0 radical (unpaired) electrons. The Morgan fingerprint density at radius 2 is 2.06 bits per heavy atom. The first-order chi connectivity index (χ1) is 7.72. The van der Waals surface area contributed by atoms with Crippen LogP contribution in [0.1, 0.15) is 52.4 Å². The highest BCUT2D eigenvalue weighted by molar-refractivity contribution is 4.76. The predicted molar refractivity (Wildman–Crippen MR) is 71.8 cm³/mol. The highest BCUT2D eigenvalue weighted by Gasteiger charge is 2.22. The lowest BCUT2D eigenvalue weighted by Gasteiger charge is -2.19. The Hall–Kier alpha value is -0.0800. The van der Waals surface area contributed by atoms with Crippen LogP contribution < -0.4 is 5.32 Å². The minimum atomic E-state index is 0.695. The van der Waals surface area contributed by atoms with Gasteiger partial charge in [-0.3, -0.25) is 0 Å². The Kier molecular flexibility index (Phi) is 7.06. The Bertz CT molecular complexity index is 166. The van der Waals surface area contributed by atoms with E-state index in [4.69, 9.17) is 0 Å². The fourth-order valence-electron chi connectivity index (χ4n) is 2.14. The molecule has 2 nitrogen and oxygen atoms in total. The van der Waals surface area contributed by atoms with Gasteiger partial charge in [-0.15, -0.1) is 0 Å². The van der Waals surface area contributed by atoms with Crippen molar-refractivity contribution in [3.8, 4) is 0 Å². The van der Waals surface area contributed by atoms with Gasteiger partial charge < -0.3 is 10.2 Å². The number of likely N-dealkylation sites (N-methyl/N-ethyl adjacent to an activating group) is 1. The van der Waals surface area contributed by atoms with E-state index in [1.807, 2.05) is 0 Å². The molecular weight excluding hydrogens is 196 g/mol. The summed E-state index contributed by atoms with van der Waals surface area (Å²) < 4.78 is 0. The van der Waals surface area contributed by atoms with Crippen LogP contribution in [-0.4, -0.2) is 37.6 Å². The molecule has 0 aromatic carbocycles. The molecule has 0 spiro atoms. The second-order valence-corrected chi connectivity index (χ2v) is 5.56. The van der Waals surface area contributed by atoms with Gasteiger partial charge in [0.25, 0.3) is 0 Å². The summed E-state index contributed by atoms with van der Waals surface area (Å²) in [4.78, 5) is 2.48. The first-order valence-corrected chi connectivity index (χ1v) is 7.14. The van der Waals surface area contributed by atoms with Crippen molar-refractivity contribution in [2.45, 2.75) is 58.4 Å². The molecule has 1 saturated carbocycles. The molecular formula is C14H30N2. The van der Waals surface area contributed by atoms with Gasteiger partial charge in [0.05, 0.1) is 0 Å². The molecule has 0 heterocycles. The average molecular weight is 226 g/mol. The van der Waals surface area contributed by atoms with E-state index < -0.39 is 0 Å². The molecule has 2 heteroatoms. The number of nitrogens with zero attached hydrogens (tertiary/aromatic N) is 1. The third-order valence-corrected chi connectivity index (χ3v) is 3.49. The summed E-state index contributed by atoms with van der Waals surface area (Å²) in [5.74, 6) is 1.02. The van der Waals surface area contributed by atoms with Crippen LogP contribution in [0, 0.1) is 5.92 Å². The Labute approximate surface area is 102 Å².